The van der Waals surface area contributed by atoms with Crippen molar-refractivity contribution in [2.45, 2.75) is 83.8 Å². The van der Waals surface area contributed by atoms with E-state index in [1.807, 2.05) is 57.8 Å². The molecule has 6 heterocycles. The molecule has 13 heteroatoms. The Bertz CT molecular complexity index is 1830. The molecule has 3 aliphatic heterocycles. The maximum Gasteiger partial charge on any atom is 0.410 e. The zero-order valence-electron chi connectivity index (χ0n) is 28.4. The number of hydrogen-bond acceptors (Lipinski definition) is 9. The van der Waals surface area contributed by atoms with Crippen molar-refractivity contribution in [1.29, 1.82) is 0 Å². The number of β-amino-alcohol motifs (C(OH)–C–C–N with tert-alkyl or cyclic N) is 1. The van der Waals surface area contributed by atoms with Crippen LogP contribution in [0.5, 0.6) is 11.8 Å². The van der Waals surface area contributed by atoms with Crippen LogP contribution in [0.25, 0.3) is 34.2 Å². The number of aryl methyl sites for hydroxylation is 2. The summed E-state index contributed by atoms with van der Waals surface area (Å²) in [5.41, 5.74) is 4.65. The van der Waals surface area contributed by atoms with Gasteiger partial charge in [-0.15, -0.1) is 0 Å². The lowest BCUT2D eigenvalue weighted by Crippen LogP contribution is -2.48. The number of carbonyl (C=O) groups excluding carboxylic acids is 1. The Morgan fingerprint density at radius 3 is 2.56 bits per heavy atom. The van der Waals surface area contributed by atoms with Crippen LogP contribution in [0, 0.1) is 6.92 Å². The molecular formula is C35H45N7O6. The van der Waals surface area contributed by atoms with Crippen molar-refractivity contribution >= 4 is 29.1 Å². The van der Waals surface area contributed by atoms with Gasteiger partial charge in [0, 0.05) is 32.0 Å². The molecule has 3 aromatic heterocycles. The van der Waals surface area contributed by atoms with Crippen molar-refractivity contribution in [3.05, 3.63) is 41.3 Å². The van der Waals surface area contributed by atoms with Crippen LogP contribution in [0.1, 0.15) is 82.1 Å². The van der Waals surface area contributed by atoms with E-state index in [1.54, 1.807) is 14.3 Å². The molecule has 0 aliphatic carbocycles. The minimum atomic E-state index is -0.862. The largest absolute Gasteiger partial charge is 0.477 e. The van der Waals surface area contributed by atoms with Crippen molar-refractivity contribution in [1.82, 2.24) is 34.2 Å². The zero-order chi connectivity index (χ0) is 33.6. The molecule has 7 rings (SSSR count). The quantitative estimate of drug-likeness (QED) is 0.296. The van der Waals surface area contributed by atoms with E-state index in [2.05, 4.69) is 23.3 Å². The Morgan fingerprint density at radius 2 is 1.81 bits per heavy atom. The van der Waals surface area contributed by atoms with Crippen molar-refractivity contribution < 1.29 is 28.8 Å². The van der Waals surface area contributed by atoms with Crippen LogP contribution in [0.15, 0.2) is 24.4 Å². The van der Waals surface area contributed by atoms with Gasteiger partial charge in [0.1, 0.15) is 5.60 Å². The van der Waals surface area contributed by atoms with E-state index in [4.69, 9.17) is 29.1 Å². The number of aliphatic hydroxyl groups excluding tert-OH is 1. The highest BCUT2D eigenvalue weighted by Crippen LogP contribution is 2.37. The lowest BCUT2D eigenvalue weighted by atomic mass is 10.0. The Kier molecular flexibility index (Phi) is 8.67. The number of rotatable bonds is 2. The van der Waals surface area contributed by atoms with Gasteiger partial charge in [0.15, 0.2) is 6.23 Å². The Hall–Kier alpha value is -4.36. The van der Waals surface area contributed by atoms with E-state index in [-0.39, 0.29) is 18.8 Å². The monoisotopic (exact) mass is 659 g/mol. The molecule has 0 radical (unpaired) electrons. The first-order chi connectivity index (χ1) is 23.1. The molecule has 3 aliphatic rings. The Balaban J connectivity index is 1.27. The molecule has 1 N–H and O–H groups in total. The van der Waals surface area contributed by atoms with Gasteiger partial charge < -0.3 is 29.0 Å². The standard InChI is InChI=1S/C35H45N7O6/c1-22-24-11-12-27-25-19-23(10-13-28(25)41(38-27)31-9-6-7-16-45-31)26-20-36-39(5)32(26)46-17-8-18-47-33(24)42(37-22)29-14-15-40(21-30(29)43)34(44)48-35(2,3)4/h10-13,19-20,29-31,43H,6-9,14-18,21H2,1-5H3/b12-11-/t29-,30-,31?/m0/s1. The zero-order valence-corrected chi connectivity index (χ0v) is 28.4. The molecule has 4 aromatic rings. The van der Waals surface area contributed by atoms with Crippen LogP contribution >= 0.6 is 0 Å². The lowest BCUT2D eigenvalue weighted by Gasteiger charge is -2.37. The molecule has 3 atom stereocenters. The van der Waals surface area contributed by atoms with Crippen molar-refractivity contribution in [3.63, 3.8) is 0 Å². The Labute approximate surface area is 280 Å². The van der Waals surface area contributed by atoms with Crippen LogP contribution in [0.4, 0.5) is 4.79 Å². The van der Waals surface area contributed by atoms with E-state index in [0.29, 0.717) is 51.0 Å². The molecule has 2 bridgehead atoms. The maximum atomic E-state index is 12.8. The van der Waals surface area contributed by atoms with Gasteiger partial charge in [-0.1, -0.05) is 6.07 Å². The number of fused-ring (bicyclic) bond motifs is 4. The van der Waals surface area contributed by atoms with Gasteiger partial charge >= 0.3 is 6.09 Å². The second-order valence-corrected chi connectivity index (χ2v) is 13.9. The maximum absolute atomic E-state index is 12.8. The summed E-state index contributed by atoms with van der Waals surface area (Å²) in [6.07, 6.45) is 8.58. The highest BCUT2D eigenvalue weighted by atomic mass is 16.6. The second kappa shape index (κ2) is 12.9. The highest BCUT2D eigenvalue weighted by Gasteiger charge is 2.36. The van der Waals surface area contributed by atoms with Gasteiger partial charge in [0.05, 0.1) is 66.1 Å². The fraction of sp³-hybridized carbons (Fsp3) is 0.543. The first-order valence-corrected chi connectivity index (χ1v) is 16.9. The minimum absolute atomic E-state index is 0.131. The summed E-state index contributed by atoms with van der Waals surface area (Å²) in [6.45, 7) is 9.52. The van der Waals surface area contributed by atoms with Crippen LogP contribution in [-0.4, -0.2) is 90.1 Å². The number of likely N-dealkylation sites (tertiary alicyclic amines) is 1. The Morgan fingerprint density at radius 1 is 1.00 bits per heavy atom. The van der Waals surface area contributed by atoms with Crippen molar-refractivity contribution in [2.24, 2.45) is 7.05 Å². The van der Waals surface area contributed by atoms with Gasteiger partial charge in [0.25, 0.3) is 0 Å². The molecule has 1 aromatic carbocycles. The third kappa shape index (κ3) is 6.28. The number of nitrogens with zero attached hydrogens (tertiary/aromatic N) is 7. The number of piperidine rings is 1. The third-order valence-corrected chi connectivity index (χ3v) is 9.13. The fourth-order valence-electron chi connectivity index (χ4n) is 6.74. The predicted molar refractivity (Wildman–Crippen MR) is 180 cm³/mol. The molecule has 1 unspecified atom stereocenters. The van der Waals surface area contributed by atoms with Crippen LogP contribution < -0.4 is 9.47 Å². The summed E-state index contributed by atoms with van der Waals surface area (Å²) in [5, 5.41) is 26.8. The normalized spacial score (nSPS) is 22.6. The molecule has 256 valence electrons. The topological polar surface area (TPSA) is 131 Å². The van der Waals surface area contributed by atoms with Crippen LogP contribution in [0.2, 0.25) is 0 Å². The third-order valence-electron chi connectivity index (χ3n) is 9.13. The lowest BCUT2D eigenvalue weighted by molar-refractivity contribution is -0.0367. The summed E-state index contributed by atoms with van der Waals surface area (Å²) in [5.74, 6) is 1.25. The number of aliphatic hydroxyl groups is 1. The van der Waals surface area contributed by atoms with E-state index in [9.17, 15) is 9.90 Å². The SMILES string of the molecule is Cc1nn([C@H]2CCN(C(=O)OC(C)(C)C)C[C@@H]2O)c2c1/C=C\c1nn(C3CCCCO3)c3ccc(cc13)-c1cnn(C)c1OCCCO2. The molecule has 2 fully saturated rings. The van der Waals surface area contributed by atoms with Crippen molar-refractivity contribution in [2.75, 3.05) is 32.9 Å². The van der Waals surface area contributed by atoms with Crippen molar-refractivity contribution in [3.8, 4) is 22.9 Å². The van der Waals surface area contributed by atoms with Gasteiger partial charge in [-0.3, -0.25) is 0 Å². The average molecular weight is 660 g/mol. The minimum Gasteiger partial charge on any atom is -0.477 e. The van der Waals surface area contributed by atoms with E-state index >= 15 is 0 Å². The van der Waals surface area contributed by atoms with E-state index < -0.39 is 17.8 Å². The predicted octanol–water partition coefficient (Wildman–Crippen LogP) is 5.52. The molecule has 1 amide bonds. The number of ether oxygens (including phenoxy) is 4. The first kappa shape index (κ1) is 32.2. The van der Waals surface area contributed by atoms with E-state index in [1.165, 1.54) is 0 Å². The summed E-state index contributed by atoms with van der Waals surface area (Å²) in [6, 6.07) is 5.95. The number of benzene rings is 1. The van der Waals surface area contributed by atoms with Crippen LogP contribution in [0.3, 0.4) is 0 Å². The molecule has 48 heavy (non-hydrogen) atoms. The van der Waals surface area contributed by atoms with Gasteiger partial charge in [-0.25, -0.2) is 18.8 Å². The smallest absolute Gasteiger partial charge is 0.410 e. The van der Waals surface area contributed by atoms with Gasteiger partial charge in [-0.05, 0) is 83.2 Å². The fourth-order valence-corrected chi connectivity index (χ4v) is 6.74. The second-order valence-electron chi connectivity index (χ2n) is 13.9. The molecule has 0 saturated carbocycles. The summed E-state index contributed by atoms with van der Waals surface area (Å²) in [7, 11) is 1.88. The number of amides is 1. The number of aromatic nitrogens is 6. The molecular weight excluding hydrogens is 614 g/mol. The summed E-state index contributed by atoms with van der Waals surface area (Å²) in [4.78, 5) is 14.3. The molecule has 0 spiro atoms. The van der Waals surface area contributed by atoms with Gasteiger partial charge in [0.2, 0.25) is 11.8 Å². The molecule has 13 nitrogen and oxygen atoms in total. The summed E-state index contributed by atoms with van der Waals surface area (Å²) < 4.78 is 30.0. The summed E-state index contributed by atoms with van der Waals surface area (Å²) >= 11 is 0. The highest BCUT2D eigenvalue weighted by molar-refractivity contribution is 5.93. The van der Waals surface area contributed by atoms with Gasteiger partial charge in [-0.2, -0.15) is 15.3 Å². The average Bonchev–Trinajstić information content (AvgIpc) is 3.71. The number of hydrogen-bond donors (Lipinski definition) is 1. The molecule has 2 saturated heterocycles. The van der Waals surface area contributed by atoms with E-state index in [0.717, 1.165) is 58.2 Å². The number of carbonyl (C=O) groups is 1. The van der Waals surface area contributed by atoms with Crippen LogP contribution in [-0.2, 0) is 16.5 Å². The first-order valence-electron chi connectivity index (χ1n) is 16.9.